The normalized spacial score (nSPS) is 15.1. The van der Waals surface area contributed by atoms with Gasteiger partial charge in [0, 0.05) is 24.0 Å². The summed E-state index contributed by atoms with van der Waals surface area (Å²) >= 11 is 1.47. The van der Waals surface area contributed by atoms with E-state index in [-0.39, 0.29) is 11.9 Å². The fourth-order valence-corrected chi connectivity index (χ4v) is 3.42. The molecule has 1 amide bonds. The van der Waals surface area contributed by atoms with Crippen LogP contribution in [0.4, 0.5) is 5.00 Å². The van der Waals surface area contributed by atoms with Gasteiger partial charge in [-0.1, -0.05) is 0 Å². The van der Waals surface area contributed by atoms with Crippen LogP contribution < -0.4 is 11.1 Å². The average Bonchev–Trinajstić information content (AvgIpc) is 2.62. The van der Waals surface area contributed by atoms with E-state index in [0.29, 0.717) is 23.7 Å². The molecule has 0 fully saturated rings. The van der Waals surface area contributed by atoms with E-state index in [1.807, 2.05) is 13.8 Å². The van der Waals surface area contributed by atoms with E-state index in [2.05, 4.69) is 16.3 Å². The predicted molar refractivity (Wildman–Crippen MR) is 75.7 cm³/mol. The van der Waals surface area contributed by atoms with Crippen molar-refractivity contribution >= 4 is 22.2 Å². The van der Waals surface area contributed by atoms with Gasteiger partial charge in [0.1, 0.15) is 11.1 Å². The summed E-state index contributed by atoms with van der Waals surface area (Å²) in [6.45, 7) is 5.80. The second kappa shape index (κ2) is 5.59. The number of carbonyl (C=O) groups excluding carboxylic acids is 1. The van der Waals surface area contributed by atoms with Crippen LogP contribution in [0, 0.1) is 11.3 Å². The number of nitrogens with two attached hydrogens (primary N) is 1. The summed E-state index contributed by atoms with van der Waals surface area (Å²) in [6, 6.07) is 2.34. The van der Waals surface area contributed by atoms with Crippen LogP contribution in [0.2, 0.25) is 0 Å². The zero-order valence-electron chi connectivity index (χ0n) is 11.2. The second-order valence-electron chi connectivity index (χ2n) is 5.04. The molecule has 1 aromatic rings. The molecule has 0 aliphatic carbocycles. The third kappa shape index (κ3) is 3.06. The second-order valence-corrected chi connectivity index (χ2v) is 6.17. The number of amides is 1. The Hall–Kier alpha value is -1.58. The number of rotatable bonds is 3. The van der Waals surface area contributed by atoms with Gasteiger partial charge < -0.3 is 11.1 Å². The lowest BCUT2D eigenvalue weighted by Gasteiger charge is -2.26. The molecule has 0 bridgehead atoms. The molecule has 1 aliphatic rings. The number of anilines is 1. The first-order chi connectivity index (χ1) is 9.01. The minimum absolute atomic E-state index is 0.0449. The summed E-state index contributed by atoms with van der Waals surface area (Å²) in [5.41, 5.74) is 7.55. The third-order valence-corrected chi connectivity index (χ3v) is 4.14. The Morgan fingerprint density at radius 3 is 3.00 bits per heavy atom. The highest BCUT2D eigenvalue weighted by molar-refractivity contribution is 7.16. The number of hydrogen-bond donors (Lipinski definition) is 2. The Morgan fingerprint density at radius 1 is 1.63 bits per heavy atom. The average molecular weight is 278 g/mol. The smallest absolute Gasteiger partial charge is 0.234 e. The highest BCUT2D eigenvalue weighted by Gasteiger charge is 2.24. The molecule has 6 heteroatoms. The van der Waals surface area contributed by atoms with Gasteiger partial charge in [0.15, 0.2) is 0 Å². The molecule has 2 rings (SSSR count). The van der Waals surface area contributed by atoms with Crippen LogP contribution in [0.15, 0.2) is 0 Å². The van der Waals surface area contributed by atoms with Gasteiger partial charge >= 0.3 is 0 Å². The highest BCUT2D eigenvalue weighted by Crippen LogP contribution is 2.34. The van der Waals surface area contributed by atoms with Gasteiger partial charge in [0.25, 0.3) is 0 Å². The number of fused-ring (bicyclic) bond motifs is 1. The Morgan fingerprint density at radius 2 is 2.37 bits per heavy atom. The summed E-state index contributed by atoms with van der Waals surface area (Å²) in [6.07, 6.45) is 0.793. The van der Waals surface area contributed by atoms with Crippen molar-refractivity contribution in [1.82, 2.24) is 10.2 Å². The van der Waals surface area contributed by atoms with Crippen LogP contribution in [-0.4, -0.2) is 29.9 Å². The molecular weight excluding hydrogens is 260 g/mol. The van der Waals surface area contributed by atoms with Crippen molar-refractivity contribution < 1.29 is 4.79 Å². The predicted octanol–water partition coefficient (Wildman–Crippen LogP) is 1.08. The van der Waals surface area contributed by atoms with Crippen LogP contribution in [-0.2, 0) is 17.8 Å². The molecule has 0 unspecified atom stereocenters. The van der Waals surface area contributed by atoms with Crippen LogP contribution in [0.1, 0.15) is 29.9 Å². The van der Waals surface area contributed by atoms with E-state index in [4.69, 9.17) is 11.0 Å². The first-order valence-electron chi connectivity index (χ1n) is 6.33. The van der Waals surface area contributed by atoms with Gasteiger partial charge in [-0.25, -0.2) is 0 Å². The fraction of sp³-hybridized carbons (Fsp3) is 0.538. The molecule has 0 radical (unpaired) electrons. The van der Waals surface area contributed by atoms with Crippen LogP contribution in [0.5, 0.6) is 0 Å². The van der Waals surface area contributed by atoms with E-state index in [9.17, 15) is 4.79 Å². The van der Waals surface area contributed by atoms with Gasteiger partial charge in [0.2, 0.25) is 5.91 Å². The zero-order valence-corrected chi connectivity index (χ0v) is 12.0. The standard InChI is InChI=1S/C13H18N4OS/c1-8(2)16-12(18)7-17-4-3-9-10(5-14)13(15)19-11(9)6-17/h8H,3-4,6-7,15H2,1-2H3,(H,16,18). The molecule has 5 nitrogen and oxygen atoms in total. The molecule has 1 aliphatic heterocycles. The van der Waals surface area contributed by atoms with Crippen molar-refractivity contribution in [3.8, 4) is 6.07 Å². The van der Waals surface area contributed by atoms with Gasteiger partial charge in [0.05, 0.1) is 12.1 Å². The molecule has 0 atom stereocenters. The topological polar surface area (TPSA) is 82.2 Å². The van der Waals surface area contributed by atoms with Gasteiger partial charge in [-0.3, -0.25) is 9.69 Å². The minimum atomic E-state index is 0.0449. The maximum atomic E-state index is 11.7. The molecule has 102 valence electrons. The van der Waals surface area contributed by atoms with Gasteiger partial charge in [-0.2, -0.15) is 5.26 Å². The van der Waals surface area contributed by atoms with E-state index >= 15 is 0 Å². The maximum Gasteiger partial charge on any atom is 0.234 e. The Kier molecular flexibility index (Phi) is 4.08. The maximum absolute atomic E-state index is 11.7. The number of nitrogens with zero attached hydrogens (tertiary/aromatic N) is 2. The van der Waals surface area contributed by atoms with Crippen molar-refractivity contribution in [3.05, 3.63) is 16.0 Å². The molecule has 19 heavy (non-hydrogen) atoms. The van der Waals surface area contributed by atoms with Crippen molar-refractivity contribution in [2.45, 2.75) is 32.9 Å². The zero-order chi connectivity index (χ0) is 14.0. The number of nitrogen functional groups attached to an aromatic ring is 1. The van der Waals surface area contributed by atoms with Crippen molar-refractivity contribution in [1.29, 1.82) is 5.26 Å². The molecule has 2 heterocycles. The molecule has 1 aromatic heterocycles. The lowest BCUT2D eigenvalue weighted by molar-refractivity contribution is -0.122. The highest BCUT2D eigenvalue weighted by atomic mass is 32.1. The van der Waals surface area contributed by atoms with E-state index < -0.39 is 0 Å². The number of carbonyl (C=O) groups is 1. The third-order valence-electron chi connectivity index (χ3n) is 3.09. The summed E-state index contributed by atoms with van der Waals surface area (Å²) in [5.74, 6) is 0.0449. The first-order valence-corrected chi connectivity index (χ1v) is 7.14. The van der Waals surface area contributed by atoms with Gasteiger partial charge in [-0.05, 0) is 25.8 Å². The number of nitriles is 1. The quantitative estimate of drug-likeness (QED) is 0.867. The number of thiophene rings is 1. The Balaban J connectivity index is 2.03. The van der Waals surface area contributed by atoms with Crippen molar-refractivity contribution in [2.75, 3.05) is 18.8 Å². The Labute approximate surface area is 117 Å². The van der Waals surface area contributed by atoms with E-state index in [1.54, 1.807) is 0 Å². The fourth-order valence-electron chi connectivity index (χ4n) is 2.31. The number of nitrogens with one attached hydrogen (secondary N) is 1. The van der Waals surface area contributed by atoms with Gasteiger partial charge in [-0.15, -0.1) is 11.3 Å². The first kappa shape index (κ1) is 13.8. The summed E-state index contributed by atoms with van der Waals surface area (Å²) in [4.78, 5) is 15.0. The summed E-state index contributed by atoms with van der Waals surface area (Å²) in [7, 11) is 0. The number of hydrogen-bond acceptors (Lipinski definition) is 5. The molecule has 3 N–H and O–H groups in total. The van der Waals surface area contributed by atoms with E-state index in [0.717, 1.165) is 23.4 Å². The molecule has 0 saturated heterocycles. The molecule has 0 aromatic carbocycles. The van der Waals surface area contributed by atoms with Crippen molar-refractivity contribution in [3.63, 3.8) is 0 Å². The lowest BCUT2D eigenvalue weighted by atomic mass is 10.0. The van der Waals surface area contributed by atoms with Crippen LogP contribution >= 0.6 is 11.3 Å². The summed E-state index contributed by atoms with van der Waals surface area (Å²) in [5, 5.41) is 12.6. The molecule has 0 saturated carbocycles. The monoisotopic (exact) mass is 278 g/mol. The van der Waals surface area contributed by atoms with Crippen molar-refractivity contribution in [2.24, 2.45) is 0 Å². The molecular formula is C13H18N4OS. The summed E-state index contributed by atoms with van der Waals surface area (Å²) < 4.78 is 0. The Bertz CT molecular complexity index is 529. The molecule has 0 spiro atoms. The minimum Gasteiger partial charge on any atom is -0.389 e. The van der Waals surface area contributed by atoms with E-state index in [1.165, 1.54) is 11.3 Å². The van der Waals surface area contributed by atoms with Crippen LogP contribution in [0.25, 0.3) is 0 Å². The van der Waals surface area contributed by atoms with Crippen LogP contribution in [0.3, 0.4) is 0 Å². The lowest BCUT2D eigenvalue weighted by Crippen LogP contribution is -2.41. The SMILES string of the molecule is CC(C)NC(=O)CN1CCc2c(sc(N)c2C#N)C1. The largest absolute Gasteiger partial charge is 0.389 e.